The summed E-state index contributed by atoms with van der Waals surface area (Å²) in [6.45, 7) is 0. The minimum Gasteiger partial charge on any atom is -0.354 e. The Labute approximate surface area is 402 Å². The van der Waals surface area contributed by atoms with Crippen LogP contribution in [0.1, 0.15) is 37.9 Å². The summed E-state index contributed by atoms with van der Waals surface area (Å²) in [7, 11) is -7.91. The number of hydrogen-bond donors (Lipinski definition) is 3. The maximum Gasteiger partial charge on any atom is 0.450 e. The van der Waals surface area contributed by atoms with Crippen molar-refractivity contribution in [2.24, 2.45) is 4.40 Å². The Morgan fingerprint density at radius 2 is 0.887 bits per heavy atom. The number of ketones is 2. The summed E-state index contributed by atoms with van der Waals surface area (Å²) in [6.07, 6.45) is -4.74. The van der Waals surface area contributed by atoms with Crippen molar-refractivity contribution in [3.8, 4) is 0 Å². The van der Waals surface area contributed by atoms with E-state index in [0.29, 0.717) is 16.2 Å². The highest BCUT2D eigenvalue weighted by Gasteiger charge is 2.72. The van der Waals surface area contributed by atoms with Crippen LogP contribution < -0.4 is 4.72 Å². The van der Waals surface area contributed by atoms with Crippen molar-refractivity contribution in [2.75, 3.05) is 0 Å². The molecule has 0 bridgehead atoms. The van der Waals surface area contributed by atoms with Crippen LogP contribution in [0, 0.1) is 0 Å². The van der Waals surface area contributed by atoms with Gasteiger partial charge in [-0.2, -0.15) is 48.3 Å². The number of nitrogens with zero attached hydrogens (tertiary/aromatic N) is 1. The fraction of sp³-hybridized carbons (Fsp3) is 0.0962. The topological polar surface area (TPSA) is 167 Å². The third-order valence-electron chi connectivity index (χ3n) is 10.4. The normalized spacial score (nSPS) is 12.9. The van der Waals surface area contributed by atoms with Gasteiger partial charge in [-0.3, -0.25) is 9.59 Å². The highest BCUT2D eigenvalue weighted by molar-refractivity contribution is 7.90. The Morgan fingerprint density at radius 1 is 0.493 bits per heavy atom. The second-order valence-corrected chi connectivity index (χ2v) is 18.7. The van der Waals surface area contributed by atoms with Gasteiger partial charge < -0.3 is 10.2 Å². The van der Waals surface area contributed by atoms with Crippen molar-refractivity contribution in [1.29, 1.82) is 0 Å². The molecule has 366 valence electrons. The predicted octanol–water partition coefficient (Wildman–Crippen LogP) is 10.8. The van der Waals surface area contributed by atoms with E-state index in [1.54, 1.807) is 78.9 Å². The number of rotatable bonds is 13. The van der Waals surface area contributed by atoms with Crippen molar-refractivity contribution in [2.45, 2.75) is 39.6 Å². The van der Waals surface area contributed by atoms with E-state index in [-0.39, 0.29) is 20.9 Å². The molecule has 0 aliphatic carbocycles. The molecule has 1 atom stereocenters. The summed E-state index contributed by atoms with van der Waals surface area (Å²) in [6, 6.07) is 50.5. The van der Waals surface area contributed by atoms with E-state index in [9.17, 15) is 48.4 Å². The van der Waals surface area contributed by atoms with E-state index in [0.717, 1.165) is 23.1 Å². The molecule has 0 aliphatic heterocycles. The van der Waals surface area contributed by atoms with E-state index in [2.05, 4.69) is 9.12 Å². The minimum absolute atomic E-state index is 0.0221. The number of benzene rings is 8. The van der Waals surface area contributed by atoms with Crippen LogP contribution in [0.3, 0.4) is 0 Å². The number of fused-ring (bicyclic) bond motifs is 2. The summed E-state index contributed by atoms with van der Waals surface area (Å²) >= 11 is 0. The zero-order valence-corrected chi connectivity index (χ0v) is 38.2. The molecular formula is C52H39F7N2O8S2. The second kappa shape index (κ2) is 21.7. The van der Waals surface area contributed by atoms with E-state index in [4.69, 9.17) is 10.2 Å². The maximum absolute atomic E-state index is 15.6. The Hall–Kier alpha value is -7.42. The number of halogens is 7. The Kier molecular flexibility index (Phi) is 16.2. The van der Waals surface area contributed by atoms with Crippen LogP contribution in [0.5, 0.6) is 0 Å². The number of hydrogen-bond acceptors (Lipinski definition) is 8. The van der Waals surface area contributed by atoms with E-state index in [1.807, 2.05) is 30.3 Å². The number of alkyl halides is 7. The molecule has 0 heterocycles. The van der Waals surface area contributed by atoms with Gasteiger partial charge in [-0.15, -0.1) is 0 Å². The van der Waals surface area contributed by atoms with Crippen LogP contribution in [0.25, 0.3) is 21.5 Å². The van der Waals surface area contributed by atoms with Gasteiger partial charge in [-0.25, -0.2) is 8.42 Å². The minimum atomic E-state index is -6.09. The number of aliphatic hydroxyl groups is 2. The number of Topliss-reactive ketones (excluding diaryl/α,β-unsaturated/α-hetero) is 2. The monoisotopic (exact) mass is 1020 g/mol. The first kappa shape index (κ1) is 52.9. The first-order valence-electron chi connectivity index (χ1n) is 20.8. The second-order valence-electron chi connectivity index (χ2n) is 15.4. The van der Waals surface area contributed by atoms with E-state index in [1.165, 1.54) is 91.1 Å². The smallest absolute Gasteiger partial charge is 0.354 e. The van der Waals surface area contributed by atoms with Crippen LogP contribution in [0.15, 0.2) is 220 Å². The lowest BCUT2D eigenvalue weighted by atomic mass is 9.93. The highest BCUT2D eigenvalue weighted by atomic mass is 32.2. The fourth-order valence-electron chi connectivity index (χ4n) is 6.64. The van der Waals surface area contributed by atoms with Crippen LogP contribution in [-0.2, 0) is 20.0 Å². The molecule has 10 nitrogen and oxygen atoms in total. The zero-order chi connectivity index (χ0) is 51.7. The molecule has 3 N–H and O–H groups in total. The predicted molar refractivity (Wildman–Crippen MR) is 253 cm³/mol. The molecule has 19 heteroatoms. The van der Waals surface area contributed by atoms with Gasteiger partial charge in [0.25, 0.3) is 10.0 Å². The summed E-state index contributed by atoms with van der Waals surface area (Å²) in [4.78, 5) is 24.6. The molecule has 8 aromatic carbocycles. The molecule has 0 saturated carbocycles. The average Bonchev–Trinajstić information content (AvgIpc) is 3.37. The lowest BCUT2D eigenvalue weighted by molar-refractivity contribution is -0.402. The molecule has 0 radical (unpaired) electrons. The van der Waals surface area contributed by atoms with Crippen LogP contribution in [0.4, 0.5) is 30.7 Å². The van der Waals surface area contributed by atoms with Gasteiger partial charge in [0, 0.05) is 17.3 Å². The Morgan fingerprint density at radius 3 is 1.35 bits per heavy atom. The van der Waals surface area contributed by atoms with Crippen molar-refractivity contribution >= 4 is 59.4 Å². The lowest BCUT2D eigenvalue weighted by Crippen LogP contribution is -2.62. The average molecular weight is 1020 g/mol. The molecule has 0 saturated heterocycles. The van der Waals surface area contributed by atoms with E-state index >= 15 is 8.78 Å². The van der Waals surface area contributed by atoms with Crippen LogP contribution in [-0.4, -0.2) is 68.6 Å². The summed E-state index contributed by atoms with van der Waals surface area (Å²) in [5.74, 6) is -18.8. The molecule has 71 heavy (non-hydrogen) atoms. The Balaban J connectivity index is 0.000000185. The molecule has 1 unspecified atom stereocenters. The quantitative estimate of drug-likeness (QED) is 0.0444. The summed E-state index contributed by atoms with van der Waals surface area (Å²) < 4.78 is 150. The number of carbonyl (C=O) groups is 2. The zero-order valence-electron chi connectivity index (χ0n) is 36.5. The number of carbonyl (C=O) groups excluding carboxylic acids is 2. The third-order valence-corrected chi connectivity index (χ3v) is 13.1. The molecule has 0 fully saturated rings. The van der Waals surface area contributed by atoms with Gasteiger partial charge in [0.1, 0.15) is 6.04 Å². The van der Waals surface area contributed by atoms with Gasteiger partial charge >= 0.3 is 23.8 Å². The standard InChI is InChI=1S/C25H19F2NO3S.C14H9F5O3.C13H11NO2S/c26-25(27,24(29)21-16-15-18-9-7-8-12-20(18)17-21)23(19-10-3-1-4-11-19)28-32(30,31)22-13-5-2-6-14-22;15-12(16,13(21,22)14(17,18)19)11(20)10-6-5-8-3-1-2-4-9(8)7-10;15-17(16,13-9-5-2-6-10-13)14-11-12-7-3-1-4-8-12/h1-17,23,28H;1-7,21-22H;1-11H. The highest BCUT2D eigenvalue weighted by Crippen LogP contribution is 2.42. The molecule has 0 spiro atoms. The van der Waals surface area contributed by atoms with Crippen molar-refractivity contribution in [3.63, 3.8) is 0 Å². The largest absolute Gasteiger partial charge is 0.450 e. The summed E-state index contributed by atoms with van der Waals surface area (Å²) in [5.41, 5.74) is -0.230. The van der Waals surface area contributed by atoms with Crippen molar-refractivity contribution in [1.82, 2.24) is 4.72 Å². The summed E-state index contributed by atoms with van der Waals surface area (Å²) in [5, 5.41) is 19.7. The van der Waals surface area contributed by atoms with Crippen LogP contribution in [0.2, 0.25) is 0 Å². The van der Waals surface area contributed by atoms with Crippen molar-refractivity contribution < 1.29 is 67.4 Å². The fourth-order valence-corrected chi connectivity index (χ4v) is 8.77. The molecule has 0 amide bonds. The van der Waals surface area contributed by atoms with Crippen molar-refractivity contribution in [3.05, 3.63) is 229 Å². The van der Waals surface area contributed by atoms with Gasteiger partial charge in [0.05, 0.1) is 9.79 Å². The molecule has 0 aliphatic rings. The maximum atomic E-state index is 15.6. The SMILES string of the molecule is O=C(c1ccc2ccccc2c1)C(F)(F)C(NS(=O)(=O)c1ccccc1)c1ccccc1.O=C(c1ccc2ccccc2c1)C(F)(F)C(O)(O)C(F)(F)F.O=S(=O)(N=Cc1ccccc1)c1ccccc1. The van der Waals surface area contributed by atoms with E-state index < -0.39 is 67.0 Å². The lowest BCUT2D eigenvalue weighted by Gasteiger charge is -2.31. The molecule has 8 rings (SSSR count). The first-order valence-corrected chi connectivity index (χ1v) is 23.7. The Bertz CT molecular complexity index is 3380. The van der Waals surface area contributed by atoms with Gasteiger partial charge in [-0.05, 0) is 69.1 Å². The molecule has 0 aromatic heterocycles. The number of nitrogens with one attached hydrogen (secondary N) is 1. The van der Waals surface area contributed by atoms with Gasteiger partial charge in [0.2, 0.25) is 21.6 Å². The van der Waals surface area contributed by atoms with Crippen LogP contribution >= 0.6 is 0 Å². The van der Waals surface area contributed by atoms with Gasteiger partial charge in [-0.1, -0.05) is 170 Å². The molecule has 8 aromatic rings. The number of sulfonamides is 2. The third kappa shape index (κ3) is 12.5. The molecular weight excluding hydrogens is 978 g/mol. The van der Waals surface area contributed by atoms with Gasteiger partial charge in [0.15, 0.2) is 0 Å². The first-order chi connectivity index (χ1) is 33.5.